The fourth-order valence-electron chi connectivity index (χ4n) is 7.21. The van der Waals surface area contributed by atoms with Crippen molar-refractivity contribution in [2.45, 2.75) is 57.8 Å². The second-order valence-electron chi connectivity index (χ2n) is 12.4. The molecule has 0 aliphatic heterocycles. The van der Waals surface area contributed by atoms with E-state index < -0.39 is 0 Å². The van der Waals surface area contributed by atoms with E-state index in [4.69, 9.17) is 0 Å². The van der Waals surface area contributed by atoms with Crippen LogP contribution in [-0.4, -0.2) is 9.97 Å². The number of benzene rings is 4. The maximum absolute atomic E-state index is 4.54. The van der Waals surface area contributed by atoms with E-state index in [2.05, 4.69) is 121 Å². The highest BCUT2D eigenvalue weighted by Crippen LogP contribution is 2.55. The molecule has 6 aromatic rings. The summed E-state index contributed by atoms with van der Waals surface area (Å²) in [6, 6.07) is 44.4. The molecule has 45 heavy (non-hydrogen) atoms. The van der Waals surface area contributed by atoms with Crippen molar-refractivity contribution in [2.24, 2.45) is 0 Å². The predicted molar refractivity (Wildman–Crippen MR) is 189 cm³/mol. The van der Waals surface area contributed by atoms with Crippen LogP contribution in [0.4, 0.5) is 0 Å². The molecule has 0 radical (unpaired) electrons. The van der Waals surface area contributed by atoms with Gasteiger partial charge in [0.05, 0.1) is 11.4 Å². The molecule has 7 rings (SSSR count). The van der Waals surface area contributed by atoms with E-state index >= 15 is 0 Å². The van der Waals surface area contributed by atoms with E-state index in [9.17, 15) is 0 Å². The van der Waals surface area contributed by atoms with Gasteiger partial charge in [-0.2, -0.15) is 0 Å². The molecule has 2 heterocycles. The van der Waals surface area contributed by atoms with E-state index in [1.165, 1.54) is 83.0 Å². The van der Waals surface area contributed by atoms with Crippen LogP contribution in [0.1, 0.15) is 63.5 Å². The van der Waals surface area contributed by atoms with Gasteiger partial charge in [0.2, 0.25) is 0 Å². The number of hydrogen-bond donors (Lipinski definition) is 0. The molecular weight excluding hydrogens is 544 g/mol. The van der Waals surface area contributed by atoms with Crippen LogP contribution < -0.4 is 0 Å². The average molecular weight is 585 g/mol. The van der Waals surface area contributed by atoms with Crippen molar-refractivity contribution in [1.29, 1.82) is 0 Å². The molecule has 2 aromatic heterocycles. The highest BCUT2D eigenvalue weighted by molar-refractivity contribution is 5.86. The van der Waals surface area contributed by atoms with Gasteiger partial charge in [-0.15, -0.1) is 0 Å². The van der Waals surface area contributed by atoms with Gasteiger partial charge in [0.15, 0.2) is 0 Å². The van der Waals surface area contributed by atoms with Crippen LogP contribution in [0.15, 0.2) is 134 Å². The van der Waals surface area contributed by atoms with Crippen molar-refractivity contribution in [1.82, 2.24) is 9.97 Å². The summed E-state index contributed by atoms with van der Waals surface area (Å²) in [4.78, 5) is 9.08. The lowest BCUT2D eigenvalue weighted by atomic mass is 9.70. The van der Waals surface area contributed by atoms with Crippen LogP contribution in [0.2, 0.25) is 0 Å². The van der Waals surface area contributed by atoms with E-state index in [0.717, 1.165) is 22.5 Å². The van der Waals surface area contributed by atoms with Gasteiger partial charge >= 0.3 is 0 Å². The number of fused-ring (bicyclic) bond motifs is 3. The molecule has 0 N–H and O–H groups in total. The Morgan fingerprint density at radius 1 is 0.444 bits per heavy atom. The summed E-state index contributed by atoms with van der Waals surface area (Å²) in [7, 11) is 0. The molecular formula is C43H40N2. The highest BCUT2D eigenvalue weighted by atomic mass is 14.7. The Hall–Kier alpha value is -4.82. The molecule has 2 heteroatoms. The third-order valence-electron chi connectivity index (χ3n) is 9.63. The van der Waals surface area contributed by atoms with Crippen molar-refractivity contribution in [3.8, 4) is 55.9 Å². The topological polar surface area (TPSA) is 25.8 Å². The number of nitrogens with zero attached hydrogens (tertiary/aromatic N) is 2. The first kappa shape index (κ1) is 28.9. The summed E-state index contributed by atoms with van der Waals surface area (Å²) in [5.74, 6) is 0. The maximum atomic E-state index is 4.54. The molecule has 1 aliphatic carbocycles. The van der Waals surface area contributed by atoms with Gasteiger partial charge in [0.25, 0.3) is 0 Å². The highest BCUT2D eigenvalue weighted by Gasteiger charge is 2.42. The molecule has 0 unspecified atom stereocenters. The minimum Gasteiger partial charge on any atom is -0.256 e. The average Bonchev–Trinajstić information content (AvgIpc) is 3.39. The Morgan fingerprint density at radius 3 is 1.22 bits per heavy atom. The number of aromatic nitrogens is 2. The van der Waals surface area contributed by atoms with Crippen molar-refractivity contribution in [3.05, 3.63) is 145 Å². The summed E-state index contributed by atoms with van der Waals surface area (Å²) in [6.45, 7) is 4.65. The van der Waals surface area contributed by atoms with Gasteiger partial charge in [-0.3, -0.25) is 9.97 Å². The van der Waals surface area contributed by atoms with Gasteiger partial charge in [-0.05, 0) is 93.7 Å². The molecule has 2 nitrogen and oxygen atoms in total. The summed E-state index contributed by atoms with van der Waals surface area (Å²) in [5, 5.41) is 0. The smallest absolute Gasteiger partial charge is 0.0701 e. The Kier molecular flexibility index (Phi) is 8.13. The van der Waals surface area contributed by atoms with Crippen LogP contribution in [0.5, 0.6) is 0 Å². The fourth-order valence-corrected chi connectivity index (χ4v) is 7.21. The molecule has 222 valence electrons. The Labute approximate surface area is 267 Å². The zero-order valence-electron chi connectivity index (χ0n) is 26.3. The van der Waals surface area contributed by atoms with E-state index in [1.54, 1.807) is 0 Å². The number of hydrogen-bond acceptors (Lipinski definition) is 2. The summed E-state index contributed by atoms with van der Waals surface area (Å²) < 4.78 is 0. The molecule has 0 spiro atoms. The lowest BCUT2D eigenvalue weighted by Crippen LogP contribution is -2.25. The predicted octanol–water partition coefficient (Wildman–Crippen LogP) is 11.8. The van der Waals surface area contributed by atoms with Crippen LogP contribution >= 0.6 is 0 Å². The van der Waals surface area contributed by atoms with Crippen LogP contribution in [0.3, 0.4) is 0 Å². The monoisotopic (exact) mass is 584 g/mol. The first-order chi connectivity index (χ1) is 22.2. The molecule has 0 bridgehead atoms. The van der Waals surface area contributed by atoms with Crippen LogP contribution in [0.25, 0.3) is 55.9 Å². The Bertz CT molecular complexity index is 1750. The molecule has 0 atom stereocenters. The minimum atomic E-state index is 0.0184. The van der Waals surface area contributed by atoms with Gasteiger partial charge in [0, 0.05) is 28.9 Å². The molecule has 0 saturated heterocycles. The third-order valence-corrected chi connectivity index (χ3v) is 9.63. The van der Waals surface area contributed by atoms with Gasteiger partial charge in [-0.25, -0.2) is 0 Å². The lowest BCUT2D eigenvalue weighted by molar-refractivity contribution is 0.414. The minimum absolute atomic E-state index is 0.0184. The Morgan fingerprint density at radius 2 is 0.844 bits per heavy atom. The molecule has 1 aliphatic rings. The first-order valence-electron chi connectivity index (χ1n) is 16.5. The largest absolute Gasteiger partial charge is 0.256 e. The molecule has 0 saturated carbocycles. The molecule has 4 aromatic carbocycles. The number of unbranched alkanes of at least 4 members (excludes halogenated alkanes) is 2. The van der Waals surface area contributed by atoms with Crippen LogP contribution in [-0.2, 0) is 5.41 Å². The van der Waals surface area contributed by atoms with E-state index in [0.29, 0.717) is 0 Å². The van der Waals surface area contributed by atoms with Gasteiger partial charge in [0.1, 0.15) is 0 Å². The van der Waals surface area contributed by atoms with Crippen molar-refractivity contribution in [2.75, 3.05) is 0 Å². The second kappa shape index (κ2) is 12.7. The zero-order chi connectivity index (χ0) is 30.6. The molecule has 0 fully saturated rings. The zero-order valence-corrected chi connectivity index (χ0v) is 26.3. The fraction of sp³-hybridized carbons (Fsp3) is 0.209. The van der Waals surface area contributed by atoms with Crippen molar-refractivity contribution in [3.63, 3.8) is 0 Å². The van der Waals surface area contributed by atoms with Gasteiger partial charge in [-0.1, -0.05) is 124 Å². The van der Waals surface area contributed by atoms with Gasteiger partial charge < -0.3 is 0 Å². The quantitative estimate of drug-likeness (QED) is 0.160. The van der Waals surface area contributed by atoms with E-state index in [1.807, 2.05) is 36.7 Å². The summed E-state index contributed by atoms with van der Waals surface area (Å²) in [5.41, 5.74) is 15.2. The second-order valence-corrected chi connectivity index (χ2v) is 12.4. The lowest BCUT2D eigenvalue weighted by Gasteiger charge is -2.33. The number of pyridine rings is 2. The Balaban J connectivity index is 1.29. The maximum Gasteiger partial charge on any atom is 0.0701 e. The van der Waals surface area contributed by atoms with E-state index in [-0.39, 0.29) is 5.41 Å². The standard InChI is InChI=1S/C43H40N2/c1-3-5-25-43(26-6-4-2)39-29-35(31-13-17-33(18-14-31)41-11-7-9-27-44-41)21-23-37(39)38-24-22-36(30-40(38)43)32-15-19-34(20-16-32)42-12-8-10-28-45-42/h7-24,27-30H,3-6,25-26H2,1-2H3. The first-order valence-corrected chi connectivity index (χ1v) is 16.5. The summed E-state index contributed by atoms with van der Waals surface area (Å²) >= 11 is 0. The number of rotatable bonds is 10. The normalized spacial score (nSPS) is 12.9. The van der Waals surface area contributed by atoms with Crippen molar-refractivity contribution < 1.29 is 0 Å². The SMILES string of the molecule is CCCCC1(CCCC)c2cc(-c3ccc(-c4ccccn4)cc3)ccc2-c2ccc(-c3ccc(-c4ccccn4)cc3)cc21. The van der Waals surface area contributed by atoms with Crippen molar-refractivity contribution >= 4 is 0 Å². The third kappa shape index (κ3) is 5.51. The summed E-state index contributed by atoms with van der Waals surface area (Å²) in [6.07, 6.45) is 10.9. The molecule has 0 amide bonds. The van der Waals surface area contributed by atoms with Crippen LogP contribution in [0, 0.1) is 0 Å².